The van der Waals surface area contributed by atoms with Gasteiger partial charge in [-0.2, -0.15) is 0 Å². The molecule has 0 saturated heterocycles. The molecule has 0 radical (unpaired) electrons. The summed E-state index contributed by atoms with van der Waals surface area (Å²) in [4.78, 5) is 24.9. The van der Waals surface area contributed by atoms with Crippen LogP contribution < -0.4 is 9.47 Å². The number of carbonyl (C=O) groups is 2. The molecule has 0 saturated carbocycles. The van der Waals surface area contributed by atoms with Gasteiger partial charge in [0.15, 0.2) is 6.61 Å². The van der Waals surface area contributed by atoms with E-state index in [-0.39, 0.29) is 18.0 Å². The Morgan fingerprint density at radius 3 is 2.38 bits per heavy atom. The molecule has 0 aliphatic carbocycles. The van der Waals surface area contributed by atoms with Crippen LogP contribution in [0.15, 0.2) is 24.3 Å². The Labute approximate surface area is 153 Å². The van der Waals surface area contributed by atoms with Gasteiger partial charge >= 0.3 is 5.97 Å². The lowest BCUT2D eigenvalue weighted by molar-refractivity contribution is 0.0471. The van der Waals surface area contributed by atoms with E-state index < -0.39 is 5.97 Å². The number of esters is 1. The fourth-order valence-electron chi connectivity index (χ4n) is 2.91. The van der Waals surface area contributed by atoms with E-state index in [1.54, 1.807) is 12.1 Å². The molecule has 0 atom stereocenters. The van der Waals surface area contributed by atoms with Crippen molar-refractivity contribution in [2.75, 3.05) is 20.8 Å². The lowest BCUT2D eigenvalue weighted by Gasteiger charge is -2.10. The predicted molar refractivity (Wildman–Crippen MR) is 98.4 cm³/mol. The lowest BCUT2D eigenvalue weighted by Crippen LogP contribution is -2.16. The SMILES string of the molecule is CCCn1c(C)cc(C(=O)COC(=O)c2cc(OC)ccc2OC)c1C. The van der Waals surface area contributed by atoms with E-state index in [1.165, 1.54) is 20.3 Å². The van der Waals surface area contributed by atoms with Gasteiger partial charge in [-0.3, -0.25) is 4.79 Å². The molecular weight excluding hydrogens is 334 g/mol. The van der Waals surface area contributed by atoms with Gasteiger partial charge < -0.3 is 18.8 Å². The van der Waals surface area contributed by atoms with Crippen molar-refractivity contribution in [1.29, 1.82) is 0 Å². The zero-order chi connectivity index (χ0) is 19.3. The summed E-state index contributed by atoms with van der Waals surface area (Å²) < 4.78 is 17.6. The quantitative estimate of drug-likeness (QED) is 0.532. The molecule has 1 aromatic carbocycles. The first-order chi connectivity index (χ1) is 12.4. The summed E-state index contributed by atoms with van der Waals surface area (Å²) in [5, 5.41) is 0. The summed E-state index contributed by atoms with van der Waals surface area (Å²) in [6.07, 6.45) is 0.981. The Balaban J connectivity index is 2.13. The maximum atomic E-state index is 12.5. The first-order valence-corrected chi connectivity index (χ1v) is 8.52. The van der Waals surface area contributed by atoms with Crippen LogP contribution in [0.25, 0.3) is 0 Å². The Kier molecular flexibility index (Phi) is 6.44. The number of methoxy groups -OCH3 is 2. The molecule has 6 heteroatoms. The number of ketones is 1. The number of aryl methyl sites for hydroxylation is 1. The number of hydrogen-bond acceptors (Lipinski definition) is 5. The lowest BCUT2D eigenvalue weighted by atomic mass is 10.1. The molecule has 0 aliphatic rings. The standard InChI is InChI=1S/C20H25NO5/c1-6-9-21-13(2)10-16(14(21)3)18(22)12-26-20(23)17-11-15(24-4)7-8-19(17)25-5/h7-8,10-11H,6,9,12H2,1-5H3. The Morgan fingerprint density at radius 2 is 1.77 bits per heavy atom. The third-order valence-electron chi connectivity index (χ3n) is 4.28. The van der Waals surface area contributed by atoms with E-state index in [1.807, 2.05) is 19.9 Å². The molecule has 6 nitrogen and oxygen atoms in total. The van der Waals surface area contributed by atoms with Gasteiger partial charge in [-0.15, -0.1) is 0 Å². The van der Waals surface area contributed by atoms with E-state index in [9.17, 15) is 9.59 Å². The van der Waals surface area contributed by atoms with Crippen LogP contribution in [0.1, 0.15) is 45.4 Å². The largest absolute Gasteiger partial charge is 0.497 e. The van der Waals surface area contributed by atoms with E-state index in [0.29, 0.717) is 17.1 Å². The number of aromatic nitrogens is 1. The highest BCUT2D eigenvalue weighted by Crippen LogP contribution is 2.25. The van der Waals surface area contributed by atoms with E-state index >= 15 is 0 Å². The number of carbonyl (C=O) groups excluding carboxylic acids is 2. The predicted octanol–water partition coefficient (Wildman–Crippen LogP) is 3.57. The van der Waals surface area contributed by atoms with Crippen molar-refractivity contribution in [3.8, 4) is 11.5 Å². The maximum Gasteiger partial charge on any atom is 0.342 e. The first kappa shape index (κ1) is 19.6. The van der Waals surface area contributed by atoms with Gasteiger partial charge in [0.25, 0.3) is 0 Å². The Hall–Kier alpha value is -2.76. The molecule has 26 heavy (non-hydrogen) atoms. The molecule has 0 amide bonds. The van der Waals surface area contributed by atoms with Crippen LogP contribution >= 0.6 is 0 Å². The normalized spacial score (nSPS) is 10.5. The van der Waals surface area contributed by atoms with Gasteiger partial charge in [0.1, 0.15) is 17.1 Å². The van der Waals surface area contributed by atoms with Crippen LogP contribution in [0.3, 0.4) is 0 Å². The van der Waals surface area contributed by atoms with Crippen LogP contribution in [0.2, 0.25) is 0 Å². The number of nitrogens with zero attached hydrogens (tertiary/aromatic N) is 1. The second kappa shape index (κ2) is 8.56. The Bertz CT molecular complexity index is 807. The van der Waals surface area contributed by atoms with Crippen molar-refractivity contribution in [3.05, 3.63) is 46.8 Å². The minimum absolute atomic E-state index is 0.219. The highest BCUT2D eigenvalue weighted by Gasteiger charge is 2.20. The minimum Gasteiger partial charge on any atom is -0.497 e. The summed E-state index contributed by atoms with van der Waals surface area (Å²) in [7, 11) is 2.97. The van der Waals surface area contributed by atoms with Gasteiger partial charge in [-0.25, -0.2) is 4.79 Å². The highest BCUT2D eigenvalue weighted by atomic mass is 16.5. The summed E-state index contributed by atoms with van der Waals surface area (Å²) >= 11 is 0. The fourth-order valence-corrected chi connectivity index (χ4v) is 2.91. The van der Waals surface area contributed by atoms with Crippen molar-refractivity contribution in [1.82, 2.24) is 4.57 Å². The van der Waals surface area contributed by atoms with Crippen molar-refractivity contribution < 1.29 is 23.8 Å². The zero-order valence-corrected chi connectivity index (χ0v) is 15.9. The molecule has 0 spiro atoms. The second-order valence-electron chi connectivity index (χ2n) is 6.00. The van der Waals surface area contributed by atoms with Crippen LogP contribution in [0, 0.1) is 13.8 Å². The minimum atomic E-state index is -0.628. The topological polar surface area (TPSA) is 66.8 Å². The average Bonchev–Trinajstić information content (AvgIpc) is 2.93. The van der Waals surface area contributed by atoms with Crippen LogP contribution in [0.5, 0.6) is 11.5 Å². The molecule has 1 aromatic heterocycles. The summed E-state index contributed by atoms with van der Waals surface area (Å²) in [5.41, 5.74) is 2.72. The summed E-state index contributed by atoms with van der Waals surface area (Å²) in [5.74, 6) is 0.0173. The van der Waals surface area contributed by atoms with Crippen molar-refractivity contribution >= 4 is 11.8 Å². The molecule has 0 unspecified atom stereocenters. The maximum absolute atomic E-state index is 12.5. The third kappa shape index (κ3) is 4.07. The van der Waals surface area contributed by atoms with Gasteiger partial charge in [-0.05, 0) is 44.5 Å². The number of rotatable bonds is 8. The van der Waals surface area contributed by atoms with Gasteiger partial charge in [0, 0.05) is 23.5 Å². The van der Waals surface area contributed by atoms with Crippen LogP contribution in [0.4, 0.5) is 0 Å². The number of ether oxygens (including phenoxy) is 3. The molecule has 140 valence electrons. The van der Waals surface area contributed by atoms with Gasteiger partial charge in [0.2, 0.25) is 5.78 Å². The molecule has 0 aliphatic heterocycles. The van der Waals surface area contributed by atoms with Gasteiger partial charge in [0.05, 0.1) is 14.2 Å². The number of benzene rings is 1. The fraction of sp³-hybridized carbons (Fsp3) is 0.400. The summed E-state index contributed by atoms with van der Waals surface area (Å²) in [6, 6.07) is 6.67. The van der Waals surface area contributed by atoms with Gasteiger partial charge in [-0.1, -0.05) is 6.92 Å². The third-order valence-corrected chi connectivity index (χ3v) is 4.28. The van der Waals surface area contributed by atoms with E-state index in [4.69, 9.17) is 14.2 Å². The smallest absolute Gasteiger partial charge is 0.342 e. The monoisotopic (exact) mass is 359 g/mol. The zero-order valence-electron chi connectivity index (χ0n) is 15.9. The summed E-state index contributed by atoms with van der Waals surface area (Å²) in [6.45, 7) is 6.49. The highest BCUT2D eigenvalue weighted by molar-refractivity contribution is 6.01. The van der Waals surface area contributed by atoms with Crippen molar-refractivity contribution in [2.45, 2.75) is 33.7 Å². The molecule has 2 rings (SSSR count). The van der Waals surface area contributed by atoms with E-state index in [0.717, 1.165) is 24.4 Å². The van der Waals surface area contributed by atoms with E-state index in [2.05, 4.69) is 11.5 Å². The number of Topliss-reactive ketones (excluding diaryl/α,β-unsaturated/α-hetero) is 1. The molecular formula is C20H25NO5. The van der Waals surface area contributed by atoms with Crippen LogP contribution in [-0.2, 0) is 11.3 Å². The molecule has 1 heterocycles. The van der Waals surface area contributed by atoms with Crippen molar-refractivity contribution in [2.24, 2.45) is 0 Å². The number of hydrogen-bond donors (Lipinski definition) is 0. The second-order valence-corrected chi connectivity index (χ2v) is 6.00. The van der Waals surface area contributed by atoms with Crippen LogP contribution in [-0.4, -0.2) is 37.1 Å². The molecule has 0 fully saturated rings. The first-order valence-electron chi connectivity index (χ1n) is 8.52. The molecule has 2 aromatic rings. The van der Waals surface area contributed by atoms with Crippen molar-refractivity contribution in [3.63, 3.8) is 0 Å². The Morgan fingerprint density at radius 1 is 1.04 bits per heavy atom. The molecule has 0 bridgehead atoms. The average molecular weight is 359 g/mol. The molecule has 0 N–H and O–H groups in total.